The Labute approximate surface area is 304 Å². The lowest BCUT2D eigenvalue weighted by Gasteiger charge is -2.42. The van der Waals surface area contributed by atoms with Crippen LogP contribution in [-0.4, -0.2) is 99.7 Å². The van der Waals surface area contributed by atoms with Crippen molar-refractivity contribution in [3.63, 3.8) is 0 Å². The summed E-state index contributed by atoms with van der Waals surface area (Å²) in [6.07, 6.45) is 10.9. The van der Waals surface area contributed by atoms with Crippen LogP contribution in [0.5, 0.6) is 0 Å². The lowest BCUT2D eigenvalue weighted by molar-refractivity contribution is -0.262. The molecule has 1 amide bonds. The van der Waals surface area contributed by atoms with Gasteiger partial charge in [-0.05, 0) is 96.3 Å². The SMILES string of the molecule is C=CCC(CC=C)C(=O)CC(O)C(C)C(CC[C@@H]1CCC(O)C(OC)C1)OC(=O)[C@@H]1CCCCN1C(=O)C(=O)C1(O)OC(C/C=C\C)CC[C@H]1C. The van der Waals surface area contributed by atoms with Gasteiger partial charge in [0, 0.05) is 37.8 Å². The van der Waals surface area contributed by atoms with Crippen LogP contribution in [0, 0.1) is 23.7 Å². The van der Waals surface area contributed by atoms with Crippen LogP contribution in [0.1, 0.15) is 111 Å². The van der Waals surface area contributed by atoms with E-state index < -0.39 is 65.7 Å². The van der Waals surface area contributed by atoms with E-state index in [9.17, 15) is 34.5 Å². The summed E-state index contributed by atoms with van der Waals surface area (Å²) in [7, 11) is 1.58. The fraction of sp³-hybridized carbons (Fsp3) is 0.750. The number of methoxy groups -OCH3 is 1. The van der Waals surface area contributed by atoms with Crippen molar-refractivity contribution in [2.24, 2.45) is 23.7 Å². The average molecular weight is 718 g/mol. The Morgan fingerprint density at radius 2 is 1.76 bits per heavy atom. The maximum Gasteiger partial charge on any atom is 0.329 e. The number of carbonyl (C=O) groups excluding carboxylic acids is 4. The van der Waals surface area contributed by atoms with Crippen LogP contribution in [0.4, 0.5) is 0 Å². The predicted molar refractivity (Wildman–Crippen MR) is 193 cm³/mol. The van der Waals surface area contributed by atoms with Gasteiger partial charge in [-0.25, -0.2) is 4.79 Å². The van der Waals surface area contributed by atoms with Gasteiger partial charge >= 0.3 is 5.97 Å². The Balaban J connectivity index is 1.80. The van der Waals surface area contributed by atoms with Gasteiger partial charge in [0.2, 0.25) is 5.79 Å². The van der Waals surface area contributed by atoms with Gasteiger partial charge in [0.05, 0.1) is 24.4 Å². The smallest absolute Gasteiger partial charge is 0.329 e. The van der Waals surface area contributed by atoms with Gasteiger partial charge in [-0.1, -0.05) is 38.2 Å². The molecule has 288 valence electrons. The molecule has 0 aromatic heterocycles. The molecule has 0 radical (unpaired) electrons. The first-order chi connectivity index (χ1) is 24.3. The van der Waals surface area contributed by atoms with E-state index in [1.165, 1.54) is 4.90 Å². The van der Waals surface area contributed by atoms with Crippen molar-refractivity contribution >= 4 is 23.4 Å². The summed E-state index contributed by atoms with van der Waals surface area (Å²) in [6.45, 7) is 12.9. The second kappa shape index (κ2) is 20.5. The number of aliphatic hydroxyl groups is 3. The number of likely N-dealkylation sites (tertiary alicyclic amines) is 1. The molecule has 11 nitrogen and oxygen atoms in total. The Morgan fingerprint density at radius 3 is 2.41 bits per heavy atom. The first-order valence-electron chi connectivity index (χ1n) is 19.0. The number of ketones is 2. The van der Waals surface area contributed by atoms with Crippen molar-refractivity contribution in [2.45, 2.75) is 153 Å². The number of amides is 1. The molecule has 7 unspecified atom stereocenters. The fourth-order valence-electron chi connectivity index (χ4n) is 7.83. The molecule has 2 saturated heterocycles. The van der Waals surface area contributed by atoms with Crippen LogP contribution in [0.25, 0.3) is 0 Å². The molecular weight excluding hydrogens is 654 g/mol. The van der Waals surface area contributed by atoms with E-state index in [0.717, 1.165) is 6.42 Å². The van der Waals surface area contributed by atoms with E-state index in [1.54, 1.807) is 33.1 Å². The zero-order valence-corrected chi connectivity index (χ0v) is 31.3. The summed E-state index contributed by atoms with van der Waals surface area (Å²) in [5, 5.41) is 33.1. The van der Waals surface area contributed by atoms with Gasteiger partial charge in [-0.15, -0.1) is 13.2 Å². The lowest BCUT2D eigenvalue weighted by Crippen LogP contribution is -2.60. The van der Waals surface area contributed by atoms with Gasteiger partial charge in [0.15, 0.2) is 0 Å². The van der Waals surface area contributed by atoms with E-state index in [2.05, 4.69) is 13.2 Å². The maximum absolute atomic E-state index is 14.0. The highest BCUT2D eigenvalue weighted by Crippen LogP contribution is 2.36. The van der Waals surface area contributed by atoms with Crippen LogP contribution in [0.3, 0.4) is 0 Å². The molecule has 0 aromatic carbocycles. The molecule has 3 rings (SSSR count). The van der Waals surface area contributed by atoms with Crippen molar-refractivity contribution in [2.75, 3.05) is 13.7 Å². The zero-order valence-electron chi connectivity index (χ0n) is 31.3. The first-order valence-corrected chi connectivity index (χ1v) is 19.0. The molecule has 1 saturated carbocycles. The van der Waals surface area contributed by atoms with Gasteiger partial charge in [0.1, 0.15) is 17.9 Å². The summed E-state index contributed by atoms with van der Waals surface area (Å²) >= 11 is 0. The number of aliphatic hydroxyl groups excluding tert-OH is 2. The predicted octanol–water partition coefficient (Wildman–Crippen LogP) is 5.00. The second-order valence-corrected chi connectivity index (χ2v) is 15.0. The number of esters is 1. The summed E-state index contributed by atoms with van der Waals surface area (Å²) in [6, 6.07) is -1.06. The number of nitrogens with zero attached hydrogens (tertiary/aromatic N) is 1. The van der Waals surface area contributed by atoms with Crippen LogP contribution in [0.2, 0.25) is 0 Å². The van der Waals surface area contributed by atoms with Crippen LogP contribution in [0.15, 0.2) is 37.5 Å². The monoisotopic (exact) mass is 717 g/mol. The lowest BCUT2D eigenvalue weighted by atomic mass is 9.80. The Bertz CT molecular complexity index is 1210. The van der Waals surface area contributed by atoms with E-state index in [-0.39, 0.29) is 43.1 Å². The number of ether oxygens (including phenoxy) is 3. The van der Waals surface area contributed by atoms with Crippen molar-refractivity contribution < 1.29 is 48.7 Å². The third-order valence-electron chi connectivity index (χ3n) is 11.4. The summed E-state index contributed by atoms with van der Waals surface area (Å²) in [4.78, 5) is 55.9. The van der Waals surface area contributed by atoms with Crippen LogP contribution >= 0.6 is 0 Å². The highest BCUT2D eigenvalue weighted by molar-refractivity contribution is 6.39. The van der Waals surface area contributed by atoms with Crippen molar-refractivity contribution in [3.05, 3.63) is 37.5 Å². The standard InChI is InChI=1S/C40H63NO10/c1-7-10-15-30-20-17-26(4)40(48,51-30)37(45)38(46)41-23-12-11-16-31(41)39(47)50-35(22-19-28-18-21-32(42)36(24-28)49-6)27(5)33(43)25-34(44)29(13-8-2)14-9-3/h7-10,26-33,35-36,42-43,48H,2-3,11-25H2,1,4-6H3/b10-7-/t26-,27?,28+,30?,31+,32?,33?,35?,36?,40?/m1/s1. The molecule has 2 aliphatic heterocycles. The molecule has 0 spiro atoms. The van der Waals surface area contributed by atoms with Gasteiger partial charge in [0.25, 0.3) is 11.7 Å². The van der Waals surface area contributed by atoms with Crippen molar-refractivity contribution in [1.29, 1.82) is 0 Å². The molecule has 3 aliphatic rings. The maximum atomic E-state index is 14.0. The molecular formula is C40H63NO10. The number of hydrogen-bond donors (Lipinski definition) is 3. The van der Waals surface area contributed by atoms with Crippen LogP contribution < -0.4 is 0 Å². The summed E-state index contributed by atoms with van der Waals surface area (Å²) < 4.78 is 17.5. The molecule has 51 heavy (non-hydrogen) atoms. The van der Waals surface area contributed by atoms with Crippen LogP contribution in [-0.2, 0) is 33.4 Å². The molecule has 0 bridgehead atoms. The van der Waals surface area contributed by atoms with E-state index >= 15 is 0 Å². The highest BCUT2D eigenvalue weighted by atomic mass is 16.6. The number of Topliss-reactive ketones (excluding diaryl/α,β-unsaturated/α-hetero) is 2. The Morgan fingerprint density at radius 1 is 1.06 bits per heavy atom. The Hall–Kier alpha value is -2.70. The normalized spacial score (nSPS) is 30.4. The van der Waals surface area contributed by atoms with Gasteiger partial charge in [-0.2, -0.15) is 0 Å². The molecule has 3 N–H and O–H groups in total. The molecule has 3 fully saturated rings. The molecule has 0 aromatic rings. The summed E-state index contributed by atoms with van der Waals surface area (Å²) in [5.74, 6) is -6.58. The van der Waals surface area contributed by atoms with E-state index in [1.807, 2.05) is 19.1 Å². The first kappa shape index (κ1) is 42.7. The van der Waals surface area contributed by atoms with Gasteiger partial charge < -0.3 is 34.4 Å². The fourth-order valence-corrected chi connectivity index (χ4v) is 7.83. The number of rotatable bonds is 19. The number of allylic oxidation sites excluding steroid dienone is 3. The third-order valence-corrected chi connectivity index (χ3v) is 11.4. The van der Waals surface area contributed by atoms with Gasteiger partial charge in [-0.3, -0.25) is 14.4 Å². The zero-order chi connectivity index (χ0) is 37.7. The largest absolute Gasteiger partial charge is 0.460 e. The second-order valence-electron chi connectivity index (χ2n) is 15.0. The third kappa shape index (κ3) is 11.4. The number of carbonyl (C=O) groups is 4. The average Bonchev–Trinajstić information content (AvgIpc) is 3.13. The molecule has 11 heteroatoms. The molecule has 10 atom stereocenters. The highest BCUT2D eigenvalue weighted by Gasteiger charge is 2.52. The number of piperidine rings is 1. The number of hydrogen-bond acceptors (Lipinski definition) is 10. The Kier molecular flexibility index (Phi) is 17.2. The van der Waals surface area contributed by atoms with E-state index in [4.69, 9.17) is 14.2 Å². The van der Waals surface area contributed by atoms with E-state index in [0.29, 0.717) is 70.6 Å². The minimum atomic E-state index is -2.30. The molecule has 2 heterocycles. The molecule has 1 aliphatic carbocycles. The van der Waals surface area contributed by atoms with Crippen molar-refractivity contribution in [3.8, 4) is 0 Å². The van der Waals surface area contributed by atoms with Crippen molar-refractivity contribution in [1.82, 2.24) is 4.90 Å². The topological polar surface area (TPSA) is 160 Å². The summed E-state index contributed by atoms with van der Waals surface area (Å²) in [5.41, 5.74) is 0. The quantitative estimate of drug-likeness (QED) is 0.0943. The minimum absolute atomic E-state index is 0.128. The minimum Gasteiger partial charge on any atom is -0.460 e.